The van der Waals surface area contributed by atoms with E-state index in [0.29, 0.717) is 19.6 Å². The van der Waals surface area contributed by atoms with Gasteiger partial charge in [-0.2, -0.15) is 0 Å². The molecule has 1 heterocycles. The highest BCUT2D eigenvalue weighted by Gasteiger charge is 2.09. The molecule has 0 saturated carbocycles. The molecule has 0 atom stereocenters. The second-order valence-corrected chi connectivity index (χ2v) is 3.48. The summed E-state index contributed by atoms with van der Waals surface area (Å²) in [6.07, 6.45) is 1.19. The summed E-state index contributed by atoms with van der Waals surface area (Å²) >= 11 is 0. The number of alkyl halides is 2. The van der Waals surface area contributed by atoms with Crippen molar-refractivity contribution in [1.29, 1.82) is 0 Å². The Bertz CT molecular complexity index is 287. The van der Waals surface area contributed by atoms with Crippen molar-refractivity contribution in [2.24, 2.45) is 5.73 Å². The van der Waals surface area contributed by atoms with E-state index in [-0.39, 0.29) is 6.54 Å². The summed E-state index contributed by atoms with van der Waals surface area (Å²) in [5, 5.41) is 0. The minimum Gasteiger partial charge on any atom is -0.336 e. The van der Waals surface area contributed by atoms with E-state index in [1.54, 1.807) is 18.3 Å². The molecule has 2 N–H and O–H groups in total. The van der Waals surface area contributed by atoms with Gasteiger partial charge in [0.15, 0.2) is 0 Å². The third kappa shape index (κ3) is 4.35. The fourth-order valence-electron chi connectivity index (χ4n) is 1.34. The topological polar surface area (TPSA) is 47.1 Å². The van der Waals surface area contributed by atoms with Gasteiger partial charge < -0.3 is 10.3 Å². The Labute approximate surface area is 87.7 Å². The van der Waals surface area contributed by atoms with Gasteiger partial charge >= 0.3 is 0 Å². The van der Waals surface area contributed by atoms with Crippen molar-refractivity contribution in [3.63, 3.8) is 0 Å². The molecule has 86 valence electrons. The minimum atomic E-state index is -2.30. The van der Waals surface area contributed by atoms with Crippen LogP contribution in [0.15, 0.2) is 12.5 Å². The second-order valence-electron chi connectivity index (χ2n) is 3.48. The molecule has 6 heteroatoms. The van der Waals surface area contributed by atoms with E-state index in [4.69, 9.17) is 5.73 Å². The van der Waals surface area contributed by atoms with Gasteiger partial charge in [-0.25, -0.2) is 13.8 Å². The lowest BCUT2D eigenvalue weighted by molar-refractivity contribution is 0.0971. The molecular formula is C9H16F2N4. The number of halogens is 2. The van der Waals surface area contributed by atoms with Crippen LogP contribution >= 0.6 is 0 Å². The molecule has 0 spiro atoms. The van der Waals surface area contributed by atoms with Gasteiger partial charge in [0, 0.05) is 25.8 Å². The van der Waals surface area contributed by atoms with Gasteiger partial charge in [-0.05, 0) is 7.05 Å². The predicted octanol–water partition coefficient (Wildman–Crippen LogP) is 0.539. The lowest BCUT2D eigenvalue weighted by Crippen LogP contribution is -2.24. The Hall–Kier alpha value is -1.01. The minimum absolute atomic E-state index is 0.232. The van der Waals surface area contributed by atoms with Crippen molar-refractivity contribution in [2.75, 3.05) is 20.1 Å². The summed E-state index contributed by atoms with van der Waals surface area (Å²) in [7, 11) is 1.65. The molecule has 0 aliphatic heterocycles. The molecular weight excluding hydrogens is 202 g/mol. The van der Waals surface area contributed by atoms with Crippen molar-refractivity contribution < 1.29 is 8.78 Å². The number of nitrogens with zero attached hydrogens (tertiary/aromatic N) is 3. The van der Waals surface area contributed by atoms with Crippen LogP contribution in [0.25, 0.3) is 0 Å². The lowest BCUT2D eigenvalue weighted by atomic mass is 10.4. The van der Waals surface area contributed by atoms with Crippen LogP contribution in [-0.2, 0) is 13.1 Å². The molecule has 0 aromatic carbocycles. The van der Waals surface area contributed by atoms with Crippen molar-refractivity contribution in [1.82, 2.24) is 14.5 Å². The summed E-state index contributed by atoms with van der Waals surface area (Å²) in [4.78, 5) is 5.64. The molecule has 0 aliphatic rings. The Kier molecular flexibility index (Phi) is 4.64. The van der Waals surface area contributed by atoms with Crippen LogP contribution in [0.2, 0.25) is 0 Å². The smallest absolute Gasteiger partial charge is 0.251 e. The molecule has 0 amide bonds. The highest BCUT2D eigenvalue weighted by molar-refractivity contribution is 4.96. The molecule has 4 nitrogen and oxygen atoms in total. The quantitative estimate of drug-likeness (QED) is 0.758. The van der Waals surface area contributed by atoms with E-state index in [2.05, 4.69) is 4.98 Å². The number of aromatic nitrogens is 2. The highest BCUT2D eigenvalue weighted by Crippen LogP contribution is 2.03. The molecule has 0 saturated heterocycles. The Morgan fingerprint density at radius 2 is 2.33 bits per heavy atom. The molecule has 15 heavy (non-hydrogen) atoms. The van der Waals surface area contributed by atoms with E-state index in [0.717, 1.165) is 5.69 Å². The molecule has 1 aromatic heterocycles. The molecule has 0 aliphatic carbocycles. The molecule has 0 unspecified atom stereocenters. The zero-order valence-electron chi connectivity index (χ0n) is 8.74. The maximum atomic E-state index is 12.0. The average Bonchev–Trinajstić information content (AvgIpc) is 2.51. The van der Waals surface area contributed by atoms with E-state index in [1.165, 1.54) is 0 Å². The second kappa shape index (κ2) is 5.77. The van der Waals surface area contributed by atoms with Crippen LogP contribution in [-0.4, -0.2) is 41.0 Å². The van der Waals surface area contributed by atoms with Gasteiger partial charge in [-0.1, -0.05) is 0 Å². The van der Waals surface area contributed by atoms with Gasteiger partial charge in [0.05, 0.1) is 18.6 Å². The van der Waals surface area contributed by atoms with Crippen LogP contribution in [0.1, 0.15) is 5.69 Å². The van der Waals surface area contributed by atoms with Crippen LogP contribution in [0.4, 0.5) is 8.78 Å². The van der Waals surface area contributed by atoms with Gasteiger partial charge in [0.2, 0.25) is 0 Å². The lowest BCUT2D eigenvalue weighted by Gasteiger charge is -2.13. The van der Waals surface area contributed by atoms with Gasteiger partial charge in [0.1, 0.15) is 0 Å². The Balaban J connectivity index is 2.42. The highest BCUT2D eigenvalue weighted by atomic mass is 19.3. The molecule has 1 aromatic rings. The number of nitrogens with two attached hydrogens (primary N) is 1. The maximum absolute atomic E-state index is 12.0. The number of imidazole rings is 1. The van der Waals surface area contributed by atoms with Crippen molar-refractivity contribution in [3.05, 3.63) is 18.2 Å². The molecule has 0 radical (unpaired) electrons. The third-order valence-corrected chi connectivity index (χ3v) is 1.96. The molecule has 1 rings (SSSR count). The van der Waals surface area contributed by atoms with Gasteiger partial charge in [-0.15, -0.1) is 0 Å². The van der Waals surface area contributed by atoms with Crippen LogP contribution in [0.5, 0.6) is 0 Å². The number of rotatable bonds is 6. The third-order valence-electron chi connectivity index (χ3n) is 1.96. The van der Waals surface area contributed by atoms with Crippen LogP contribution in [0.3, 0.4) is 0 Å². The van der Waals surface area contributed by atoms with Crippen LogP contribution in [0, 0.1) is 0 Å². The summed E-state index contributed by atoms with van der Waals surface area (Å²) in [6, 6.07) is 0. The number of hydrogen-bond acceptors (Lipinski definition) is 3. The zero-order chi connectivity index (χ0) is 11.3. The van der Waals surface area contributed by atoms with E-state index < -0.39 is 6.43 Å². The average molecular weight is 218 g/mol. The zero-order valence-corrected chi connectivity index (χ0v) is 8.74. The fourth-order valence-corrected chi connectivity index (χ4v) is 1.34. The Morgan fingerprint density at radius 3 is 2.93 bits per heavy atom. The van der Waals surface area contributed by atoms with Crippen molar-refractivity contribution in [3.8, 4) is 0 Å². The van der Waals surface area contributed by atoms with E-state index >= 15 is 0 Å². The monoisotopic (exact) mass is 218 g/mol. The Morgan fingerprint density at radius 1 is 1.60 bits per heavy atom. The van der Waals surface area contributed by atoms with Gasteiger partial charge in [-0.3, -0.25) is 4.90 Å². The first-order chi connectivity index (χ1) is 7.11. The fraction of sp³-hybridized carbons (Fsp3) is 0.667. The van der Waals surface area contributed by atoms with E-state index in [1.807, 2.05) is 10.8 Å². The van der Waals surface area contributed by atoms with E-state index in [9.17, 15) is 8.78 Å². The molecule has 0 bridgehead atoms. The number of hydrogen-bond donors (Lipinski definition) is 1. The van der Waals surface area contributed by atoms with Crippen molar-refractivity contribution >= 4 is 0 Å². The summed E-state index contributed by atoms with van der Waals surface area (Å²) in [5.74, 6) is 0. The first-order valence-electron chi connectivity index (χ1n) is 4.79. The summed E-state index contributed by atoms with van der Waals surface area (Å²) in [5.41, 5.74) is 6.16. The predicted molar refractivity (Wildman–Crippen MR) is 53.6 cm³/mol. The first kappa shape index (κ1) is 12.1. The summed E-state index contributed by atoms with van der Waals surface area (Å²) < 4.78 is 25.9. The molecule has 0 fully saturated rings. The SMILES string of the molecule is CN(Cc1cn(CCN)cn1)CC(F)F. The first-order valence-corrected chi connectivity index (χ1v) is 4.79. The summed E-state index contributed by atoms with van der Waals surface area (Å²) in [6.45, 7) is 1.44. The largest absolute Gasteiger partial charge is 0.336 e. The normalized spacial score (nSPS) is 11.6. The standard InChI is InChI=1S/C9H16F2N4/c1-14(6-9(10)11)4-8-5-15(3-2-12)7-13-8/h5,7,9H,2-4,6,12H2,1H3. The van der Waals surface area contributed by atoms with Crippen molar-refractivity contribution in [2.45, 2.75) is 19.5 Å². The van der Waals surface area contributed by atoms with Crippen LogP contribution < -0.4 is 5.73 Å². The van der Waals surface area contributed by atoms with Gasteiger partial charge in [0.25, 0.3) is 6.43 Å². The maximum Gasteiger partial charge on any atom is 0.251 e.